The molecule has 0 heterocycles. The number of benzene rings is 1. The predicted octanol–water partition coefficient (Wildman–Crippen LogP) is 3.20. The van der Waals surface area contributed by atoms with Crippen LogP contribution in [0.15, 0.2) is 18.2 Å². The van der Waals surface area contributed by atoms with Crippen LogP contribution in [0.2, 0.25) is 5.02 Å². The van der Waals surface area contributed by atoms with E-state index < -0.39 is 0 Å². The van der Waals surface area contributed by atoms with Crippen LogP contribution in [-0.4, -0.2) is 0 Å². The van der Waals surface area contributed by atoms with Crippen LogP contribution in [0.1, 0.15) is 18.4 Å². The van der Waals surface area contributed by atoms with Crippen molar-refractivity contribution in [2.45, 2.75) is 12.8 Å². The van der Waals surface area contributed by atoms with Gasteiger partial charge in [0.2, 0.25) is 0 Å². The van der Waals surface area contributed by atoms with Gasteiger partial charge in [-0.1, -0.05) is 17.7 Å². The Bertz CT molecular complexity index is 279. The van der Waals surface area contributed by atoms with Crippen LogP contribution >= 0.6 is 11.6 Å². The van der Waals surface area contributed by atoms with Crippen molar-refractivity contribution >= 4 is 11.6 Å². The Labute approximate surface area is 70.0 Å². The quantitative estimate of drug-likeness (QED) is 0.606. The van der Waals surface area contributed by atoms with Crippen LogP contribution < -0.4 is 0 Å². The molecule has 0 nitrogen and oxygen atoms in total. The maximum atomic E-state index is 12.6. The number of hydrogen-bond donors (Lipinski definition) is 0. The summed E-state index contributed by atoms with van der Waals surface area (Å²) < 4.78 is 12.6. The lowest BCUT2D eigenvalue weighted by Crippen LogP contribution is -1.82. The van der Waals surface area contributed by atoms with Gasteiger partial charge in [0.1, 0.15) is 5.82 Å². The average Bonchev–Trinajstić information content (AvgIpc) is 2.77. The maximum absolute atomic E-state index is 12.6. The summed E-state index contributed by atoms with van der Waals surface area (Å²) in [7, 11) is 0. The molecule has 2 rings (SSSR count). The molecule has 57 valence electrons. The molecule has 0 spiro atoms. The molecule has 0 atom stereocenters. The second-order valence-electron chi connectivity index (χ2n) is 2.73. The highest BCUT2D eigenvalue weighted by Gasteiger charge is 2.24. The minimum atomic E-state index is -0.336. The first kappa shape index (κ1) is 7.11. The fourth-order valence-corrected chi connectivity index (χ4v) is 1.25. The first-order valence-electron chi connectivity index (χ1n) is 3.57. The molecule has 0 aliphatic heterocycles. The smallest absolute Gasteiger partial charge is 0.141 e. The van der Waals surface area contributed by atoms with Gasteiger partial charge in [0.25, 0.3) is 0 Å². The van der Waals surface area contributed by atoms with Gasteiger partial charge in [0.15, 0.2) is 0 Å². The molecule has 2 heteroatoms. The Kier molecular flexibility index (Phi) is 1.61. The van der Waals surface area contributed by atoms with E-state index in [2.05, 4.69) is 0 Å². The molecule has 0 aromatic heterocycles. The van der Waals surface area contributed by atoms with Gasteiger partial charge in [-0.05, 0) is 30.5 Å². The van der Waals surface area contributed by atoms with E-state index in [1.807, 2.05) is 0 Å². The second-order valence-corrected chi connectivity index (χ2v) is 3.14. The van der Waals surface area contributed by atoms with E-state index in [1.54, 1.807) is 12.1 Å². The monoisotopic (exact) mass is 169 g/mol. The van der Waals surface area contributed by atoms with Crippen molar-refractivity contribution in [3.63, 3.8) is 0 Å². The van der Waals surface area contributed by atoms with Gasteiger partial charge in [0.05, 0.1) is 5.02 Å². The molecule has 1 aliphatic carbocycles. The van der Waals surface area contributed by atoms with Crippen molar-refractivity contribution in [1.29, 1.82) is 0 Å². The van der Waals surface area contributed by atoms with E-state index >= 15 is 0 Å². The van der Waals surface area contributed by atoms with Crippen molar-refractivity contribution in [2.24, 2.45) is 0 Å². The number of rotatable bonds is 1. The van der Waals surface area contributed by atoms with Crippen LogP contribution in [0.5, 0.6) is 0 Å². The Morgan fingerprint density at radius 1 is 1.27 bits per heavy atom. The summed E-state index contributed by atoms with van der Waals surface area (Å²) in [4.78, 5) is 0. The van der Waals surface area contributed by atoms with Crippen LogP contribution in [0.25, 0.3) is 0 Å². The highest BCUT2D eigenvalue weighted by molar-refractivity contribution is 6.30. The third-order valence-electron chi connectivity index (χ3n) is 1.83. The highest BCUT2D eigenvalue weighted by Crippen LogP contribution is 2.39. The van der Waals surface area contributed by atoms with Crippen molar-refractivity contribution in [2.75, 3.05) is 0 Å². The van der Waals surface area contributed by atoms with Gasteiger partial charge >= 0.3 is 0 Å². The minimum Gasteiger partial charge on any atom is -0.205 e. The predicted molar refractivity (Wildman–Crippen MR) is 43.0 cm³/mol. The molecular weight excluding hydrogens is 163 g/mol. The van der Waals surface area contributed by atoms with E-state index in [0.29, 0.717) is 0 Å². The minimum absolute atomic E-state index is 0.224. The molecule has 0 N–H and O–H groups in total. The maximum Gasteiger partial charge on any atom is 0.141 e. The Morgan fingerprint density at radius 2 is 2.00 bits per heavy atom. The van der Waals surface area contributed by atoms with Gasteiger partial charge in [-0.25, -0.2) is 4.39 Å². The molecule has 1 aromatic carbocycles. The first-order valence-corrected chi connectivity index (χ1v) is 3.95. The summed E-state index contributed by atoms with van der Waals surface area (Å²) in [5.74, 6) is 1.04. The lowest BCUT2D eigenvalue weighted by Gasteiger charge is -1.97. The molecule has 0 saturated heterocycles. The summed E-state index contributed by atoms with van der Waals surface area (Å²) in [6.07, 6.45) is 2.28. The molecule has 0 bridgehead atoms. The SMILES string of the molecule is Fc1ccc([C]2CC2)cc1Cl. The normalized spacial score (nSPS) is 16.9. The standard InChI is InChI=1S/C9H7ClF/c10-8-5-7(6-1-2-6)3-4-9(8)11/h3-5H,1-2H2. The molecule has 1 aromatic rings. The molecule has 1 saturated carbocycles. The largest absolute Gasteiger partial charge is 0.205 e. The Morgan fingerprint density at radius 3 is 2.55 bits per heavy atom. The zero-order chi connectivity index (χ0) is 7.84. The van der Waals surface area contributed by atoms with E-state index in [4.69, 9.17) is 11.6 Å². The molecule has 0 amide bonds. The van der Waals surface area contributed by atoms with Gasteiger partial charge in [-0.2, -0.15) is 0 Å². The van der Waals surface area contributed by atoms with Crippen molar-refractivity contribution in [1.82, 2.24) is 0 Å². The average molecular weight is 170 g/mol. The molecule has 11 heavy (non-hydrogen) atoms. The van der Waals surface area contributed by atoms with E-state index in [-0.39, 0.29) is 10.8 Å². The van der Waals surface area contributed by atoms with E-state index in [0.717, 1.165) is 18.4 Å². The van der Waals surface area contributed by atoms with Gasteiger partial charge in [0, 0.05) is 5.92 Å². The summed E-state index contributed by atoms with van der Waals surface area (Å²) >= 11 is 5.60. The summed E-state index contributed by atoms with van der Waals surface area (Å²) in [5.41, 5.74) is 1.09. The second kappa shape index (κ2) is 2.49. The van der Waals surface area contributed by atoms with Crippen LogP contribution in [0.4, 0.5) is 4.39 Å². The molecule has 1 radical (unpaired) electrons. The van der Waals surface area contributed by atoms with Crippen molar-refractivity contribution in [3.05, 3.63) is 40.5 Å². The van der Waals surface area contributed by atoms with Crippen LogP contribution in [0, 0.1) is 11.7 Å². The summed E-state index contributed by atoms with van der Waals surface area (Å²) in [6, 6.07) is 4.89. The van der Waals surface area contributed by atoms with Gasteiger partial charge < -0.3 is 0 Å². The molecule has 1 aliphatic rings. The fraction of sp³-hybridized carbons (Fsp3) is 0.222. The topological polar surface area (TPSA) is 0 Å². The molecular formula is C9H7ClF. The van der Waals surface area contributed by atoms with E-state index in [1.165, 1.54) is 12.0 Å². The number of halogens is 2. The summed E-state index contributed by atoms with van der Waals surface area (Å²) in [6.45, 7) is 0. The van der Waals surface area contributed by atoms with Gasteiger partial charge in [-0.3, -0.25) is 0 Å². The number of hydrogen-bond acceptors (Lipinski definition) is 0. The zero-order valence-electron chi connectivity index (χ0n) is 5.90. The molecule has 0 unspecified atom stereocenters. The third kappa shape index (κ3) is 1.38. The van der Waals surface area contributed by atoms with Crippen LogP contribution in [-0.2, 0) is 0 Å². The lowest BCUT2D eigenvalue weighted by atomic mass is 10.1. The fourth-order valence-electron chi connectivity index (χ4n) is 1.07. The van der Waals surface area contributed by atoms with Crippen LogP contribution in [0.3, 0.4) is 0 Å². The summed E-state index contributed by atoms with van der Waals surface area (Å²) in [5, 5.41) is 0.224. The zero-order valence-corrected chi connectivity index (χ0v) is 6.66. The lowest BCUT2D eigenvalue weighted by molar-refractivity contribution is 0.628. The Balaban J connectivity index is 2.36. The highest BCUT2D eigenvalue weighted by atomic mass is 35.5. The van der Waals surface area contributed by atoms with Crippen molar-refractivity contribution < 1.29 is 4.39 Å². The third-order valence-corrected chi connectivity index (χ3v) is 2.12. The molecule has 1 fully saturated rings. The Hall–Kier alpha value is -0.560. The van der Waals surface area contributed by atoms with Crippen molar-refractivity contribution in [3.8, 4) is 0 Å². The first-order chi connectivity index (χ1) is 5.27. The van der Waals surface area contributed by atoms with Gasteiger partial charge in [-0.15, -0.1) is 0 Å². The van der Waals surface area contributed by atoms with E-state index in [9.17, 15) is 4.39 Å².